The van der Waals surface area contributed by atoms with Gasteiger partial charge in [-0.3, -0.25) is 14.5 Å². The monoisotopic (exact) mass is 373 g/mol. The summed E-state index contributed by atoms with van der Waals surface area (Å²) < 4.78 is 0. The lowest BCUT2D eigenvalue weighted by molar-refractivity contribution is -0.135. The molecule has 1 N–H and O–H groups in total. The van der Waals surface area contributed by atoms with Crippen LogP contribution in [0.1, 0.15) is 40.5 Å². The van der Waals surface area contributed by atoms with Crippen LogP contribution in [0.5, 0.6) is 0 Å². The van der Waals surface area contributed by atoms with E-state index in [-0.39, 0.29) is 17.7 Å². The summed E-state index contributed by atoms with van der Waals surface area (Å²) in [5.74, 6) is 1.33. The Morgan fingerprint density at radius 3 is 2.11 bits per heavy atom. The van der Waals surface area contributed by atoms with Gasteiger partial charge >= 0.3 is 0 Å². The summed E-state index contributed by atoms with van der Waals surface area (Å²) >= 11 is 0. The van der Waals surface area contributed by atoms with Crippen LogP contribution in [-0.4, -0.2) is 54.3 Å². The van der Waals surface area contributed by atoms with Gasteiger partial charge in [0.15, 0.2) is 0 Å². The van der Waals surface area contributed by atoms with Crippen molar-refractivity contribution >= 4 is 17.5 Å². The summed E-state index contributed by atoms with van der Waals surface area (Å²) in [5, 5.41) is 2.98. The van der Waals surface area contributed by atoms with E-state index in [1.165, 1.54) is 0 Å². The van der Waals surface area contributed by atoms with Gasteiger partial charge in [0.05, 0.1) is 6.54 Å². The third-order valence-corrected chi connectivity index (χ3v) is 4.87. The number of likely N-dealkylation sites (tertiary alicyclic amines) is 1. The van der Waals surface area contributed by atoms with Gasteiger partial charge < -0.3 is 10.2 Å². The fourth-order valence-corrected chi connectivity index (χ4v) is 3.68. The molecule has 1 fully saturated rings. The second-order valence-electron chi connectivity index (χ2n) is 8.49. The number of hydrogen-bond donors (Lipinski definition) is 1. The molecule has 0 aromatic heterocycles. The van der Waals surface area contributed by atoms with Gasteiger partial charge in [-0.05, 0) is 36.8 Å². The first-order valence-electron chi connectivity index (χ1n) is 10.2. The lowest BCUT2D eigenvalue weighted by Crippen LogP contribution is -2.46. The molecule has 2 rings (SSSR count). The maximum atomic E-state index is 12.7. The topological polar surface area (TPSA) is 52.7 Å². The zero-order valence-corrected chi connectivity index (χ0v) is 17.3. The molecule has 1 aromatic rings. The summed E-state index contributed by atoms with van der Waals surface area (Å²) in [6.45, 7) is 12.5. The standard InChI is InChI=1S/C22H35N3O2/c1-17(2)14-24(15-18(3)4)16-21(26)25-12-10-19(11-13-25)22(27)23-20-8-6-5-7-9-20/h5-9,17-19H,10-16H2,1-4H3,(H,23,27). The molecule has 5 nitrogen and oxygen atoms in total. The van der Waals surface area contributed by atoms with Gasteiger partial charge in [0.2, 0.25) is 11.8 Å². The molecule has 1 aromatic carbocycles. The summed E-state index contributed by atoms with van der Waals surface area (Å²) in [4.78, 5) is 29.4. The lowest BCUT2D eigenvalue weighted by Gasteiger charge is -2.34. The molecule has 27 heavy (non-hydrogen) atoms. The minimum Gasteiger partial charge on any atom is -0.342 e. The molecule has 150 valence electrons. The van der Waals surface area contributed by atoms with Crippen molar-refractivity contribution in [2.75, 3.05) is 38.0 Å². The lowest BCUT2D eigenvalue weighted by atomic mass is 9.95. The van der Waals surface area contributed by atoms with E-state index in [9.17, 15) is 9.59 Å². The van der Waals surface area contributed by atoms with Crippen molar-refractivity contribution in [3.05, 3.63) is 30.3 Å². The molecule has 0 bridgehead atoms. The average Bonchev–Trinajstić information content (AvgIpc) is 2.61. The molecule has 1 heterocycles. The summed E-state index contributed by atoms with van der Waals surface area (Å²) in [7, 11) is 0. The first kappa shape index (κ1) is 21.4. The van der Waals surface area contributed by atoms with Crippen LogP contribution in [0.3, 0.4) is 0 Å². The zero-order chi connectivity index (χ0) is 19.8. The Kier molecular flexibility index (Phi) is 8.29. The van der Waals surface area contributed by atoms with Crippen molar-refractivity contribution in [1.82, 2.24) is 9.80 Å². The van der Waals surface area contributed by atoms with Crippen LogP contribution >= 0.6 is 0 Å². The molecule has 0 saturated carbocycles. The molecular formula is C22H35N3O2. The van der Waals surface area contributed by atoms with E-state index >= 15 is 0 Å². The van der Waals surface area contributed by atoms with Crippen molar-refractivity contribution in [3.63, 3.8) is 0 Å². The Morgan fingerprint density at radius 1 is 1.04 bits per heavy atom. The average molecular weight is 374 g/mol. The number of amides is 2. The first-order chi connectivity index (χ1) is 12.8. The van der Waals surface area contributed by atoms with Gasteiger partial charge in [-0.15, -0.1) is 0 Å². The highest BCUT2D eigenvalue weighted by Crippen LogP contribution is 2.20. The van der Waals surface area contributed by atoms with E-state index in [1.807, 2.05) is 35.2 Å². The van der Waals surface area contributed by atoms with Crippen LogP contribution in [0.25, 0.3) is 0 Å². The third-order valence-electron chi connectivity index (χ3n) is 4.87. The Hall–Kier alpha value is -1.88. The SMILES string of the molecule is CC(C)CN(CC(=O)N1CCC(C(=O)Nc2ccccc2)CC1)CC(C)C. The van der Waals surface area contributed by atoms with Crippen LogP contribution in [0, 0.1) is 17.8 Å². The van der Waals surface area contributed by atoms with Crippen LogP contribution in [0.15, 0.2) is 30.3 Å². The van der Waals surface area contributed by atoms with Crippen molar-refractivity contribution in [2.24, 2.45) is 17.8 Å². The fourth-order valence-electron chi connectivity index (χ4n) is 3.68. The summed E-state index contributed by atoms with van der Waals surface area (Å²) in [5.41, 5.74) is 0.832. The van der Waals surface area contributed by atoms with Gasteiger partial charge in [0.1, 0.15) is 0 Å². The van der Waals surface area contributed by atoms with Crippen molar-refractivity contribution in [2.45, 2.75) is 40.5 Å². The minimum atomic E-state index is -0.0170. The molecule has 2 amide bonds. The third kappa shape index (κ3) is 7.33. The number of hydrogen-bond acceptors (Lipinski definition) is 3. The Morgan fingerprint density at radius 2 is 1.59 bits per heavy atom. The summed E-state index contributed by atoms with van der Waals surface area (Å²) in [6, 6.07) is 9.55. The van der Waals surface area contributed by atoms with E-state index in [2.05, 4.69) is 37.9 Å². The van der Waals surface area contributed by atoms with E-state index in [0.29, 0.717) is 31.5 Å². The highest BCUT2D eigenvalue weighted by molar-refractivity contribution is 5.92. The first-order valence-corrected chi connectivity index (χ1v) is 10.2. The largest absolute Gasteiger partial charge is 0.342 e. The smallest absolute Gasteiger partial charge is 0.236 e. The van der Waals surface area contributed by atoms with E-state index in [1.54, 1.807) is 0 Å². The maximum absolute atomic E-state index is 12.7. The van der Waals surface area contributed by atoms with Gasteiger partial charge in [-0.2, -0.15) is 0 Å². The van der Waals surface area contributed by atoms with Crippen molar-refractivity contribution in [3.8, 4) is 0 Å². The minimum absolute atomic E-state index is 0.0170. The molecule has 0 aliphatic carbocycles. The van der Waals surface area contributed by atoms with E-state index < -0.39 is 0 Å². The Labute approximate surface area is 164 Å². The van der Waals surface area contributed by atoms with Gasteiger partial charge in [0, 0.05) is 37.8 Å². The number of rotatable bonds is 8. The molecule has 1 aliphatic rings. The van der Waals surface area contributed by atoms with Crippen LogP contribution in [0.2, 0.25) is 0 Å². The zero-order valence-electron chi connectivity index (χ0n) is 17.3. The molecule has 0 unspecified atom stereocenters. The molecular weight excluding hydrogens is 338 g/mol. The predicted octanol–water partition coefficient (Wildman–Crippen LogP) is 3.48. The van der Waals surface area contributed by atoms with Crippen LogP contribution < -0.4 is 5.32 Å². The second kappa shape index (κ2) is 10.5. The fraction of sp³-hybridized carbons (Fsp3) is 0.636. The molecule has 1 aliphatic heterocycles. The molecule has 5 heteroatoms. The van der Waals surface area contributed by atoms with Crippen molar-refractivity contribution < 1.29 is 9.59 Å². The van der Waals surface area contributed by atoms with Crippen molar-refractivity contribution in [1.29, 1.82) is 0 Å². The van der Waals surface area contributed by atoms with E-state index in [0.717, 1.165) is 31.6 Å². The molecule has 0 spiro atoms. The molecule has 0 radical (unpaired) electrons. The number of piperidine rings is 1. The highest BCUT2D eigenvalue weighted by Gasteiger charge is 2.28. The van der Waals surface area contributed by atoms with Crippen LogP contribution in [0.4, 0.5) is 5.69 Å². The number of benzene rings is 1. The number of carbonyl (C=O) groups is 2. The predicted molar refractivity (Wildman–Crippen MR) is 110 cm³/mol. The Balaban J connectivity index is 1.81. The number of nitrogens with zero attached hydrogens (tertiary/aromatic N) is 2. The number of nitrogens with one attached hydrogen (secondary N) is 1. The number of para-hydroxylation sites is 1. The Bertz CT molecular complexity index is 583. The number of anilines is 1. The van der Waals surface area contributed by atoms with Gasteiger partial charge in [-0.25, -0.2) is 0 Å². The van der Waals surface area contributed by atoms with Gasteiger partial charge in [0.25, 0.3) is 0 Å². The normalized spacial score (nSPS) is 15.6. The highest BCUT2D eigenvalue weighted by atomic mass is 16.2. The summed E-state index contributed by atoms with van der Waals surface area (Å²) in [6.07, 6.45) is 1.47. The van der Waals surface area contributed by atoms with Gasteiger partial charge in [-0.1, -0.05) is 45.9 Å². The van der Waals surface area contributed by atoms with E-state index in [4.69, 9.17) is 0 Å². The second-order valence-corrected chi connectivity index (χ2v) is 8.49. The number of carbonyl (C=O) groups excluding carboxylic acids is 2. The maximum Gasteiger partial charge on any atom is 0.236 e. The molecule has 1 saturated heterocycles. The quantitative estimate of drug-likeness (QED) is 0.759. The molecule has 0 atom stereocenters. The van der Waals surface area contributed by atoms with Crippen LogP contribution in [-0.2, 0) is 9.59 Å².